The molecule has 0 amide bonds. The van der Waals surface area contributed by atoms with Gasteiger partial charge in [-0.3, -0.25) is 4.57 Å². The summed E-state index contributed by atoms with van der Waals surface area (Å²) >= 11 is 0. The molecule has 0 radical (unpaired) electrons. The third kappa shape index (κ3) is 2.24. The second-order valence-corrected chi connectivity index (χ2v) is 5.02. The Balaban J connectivity index is 2.14. The lowest BCUT2D eigenvalue weighted by Gasteiger charge is -2.13. The van der Waals surface area contributed by atoms with Crippen LogP contribution in [-0.2, 0) is 0 Å². The number of aryl methyl sites for hydroxylation is 1. The molecule has 0 fully saturated rings. The van der Waals surface area contributed by atoms with E-state index in [1.54, 1.807) is 0 Å². The maximum atomic E-state index is 6.12. The van der Waals surface area contributed by atoms with E-state index in [0.29, 0.717) is 12.6 Å². The smallest absolute Gasteiger partial charge is 0.202 e. The number of ether oxygens (including phenoxy) is 1. The first-order valence-corrected chi connectivity index (χ1v) is 7.07. The number of nitrogen functional groups attached to an aromatic ring is 1. The molecule has 1 aromatic carbocycles. The minimum absolute atomic E-state index is 0.0272. The van der Waals surface area contributed by atoms with Crippen molar-refractivity contribution in [1.29, 1.82) is 0 Å². The number of furan rings is 1. The lowest BCUT2D eigenvalue weighted by Crippen LogP contribution is -2.09. The van der Waals surface area contributed by atoms with Crippen LogP contribution in [0.3, 0.4) is 0 Å². The van der Waals surface area contributed by atoms with Crippen LogP contribution in [0.25, 0.3) is 11.0 Å². The van der Waals surface area contributed by atoms with Crippen molar-refractivity contribution in [2.24, 2.45) is 0 Å². The lowest BCUT2D eigenvalue weighted by molar-refractivity contribution is 0.343. The van der Waals surface area contributed by atoms with E-state index < -0.39 is 0 Å². The Labute approximate surface area is 123 Å². The molecule has 21 heavy (non-hydrogen) atoms. The second kappa shape index (κ2) is 5.16. The zero-order valence-electron chi connectivity index (χ0n) is 12.5. The van der Waals surface area contributed by atoms with Crippen LogP contribution in [0.1, 0.15) is 31.4 Å². The van der Waals surface area contributed by atoms with Crippen LogP contribution in [0.15, 0.2) is 34.7 Å². The molecule has 5 heteroatoms. The van der Waals surface area contributed by atoms with Gasteiger partial charge in [-0.1, -0.05) is 6.07 Å². The van der Waals surface area contributed by atoms with Crippen LogP contribution in [0.5, 0.6) is 5.75 Å². The average Bonchev–Trinajstić information content (AvgIpc) is 3.02. The van der Waals surface area contributed by atoms with E-state index in [9.17, 15) is 0 Å². The average molecular weight is 285 g/mol. The highest BCUT2D eigenvalue weighted by Gasteiger charge is 2.19. The number of hydrogen-bond acceptors (Lipinski definition) is 4. The highest BCUT2D eigenvalue weighted by Crippen LogP contribution is 2.32. The molecule has 1 atom stereocenters. The van der Waals surface area contributed by atoms with Crippen molar-refractivity contribution in [2.45, 2.75) is 26.8 Å². The number of nitrogens with two attached hydrogens (primary N) is 1. The van der Waals surface area contributed by atoms with Gasteiger partial charge in [0.15, 0.2) is 0 Å². The summed E-state index contributed by atoms with van der Waals surface area (Å²) < 4.78 is 13.3. The summed E-state index contributed by atoms with van der Waals surface area (Å²) in [4.78, 5) is 4.46. The molecule has 110 valence electrons. The number of anilines is 1. The minimum Gasteiger partial charge on any atom is -0.492 e. The summed E-state index contributed by atoms with van der Waals surface area (Å²) in [6.07, 6.45) is 0. The molecule has 1 unspecified atom stereocenters. The van der Waals surface area contributed by atoms with Gasteiger partial charge in [-0.25, -0.2) is 4.98 Å². The number of para-hydroxylation sites is 1. The number of benzene rings is 1. The lowest BCUT2D eigenvalue weighted by atomic mass is 10.2. The van der Waals surface area contributed by atoms with E-state index in [-0.39, 0.29) is 6.04 Å². The van der Waals surface area contributed by atoms with Crippen molar-refractivity contribution in [2.75, 3.05) is 12.3 Å². The van der Waals surface area contributed by atoms with Crippen molar-refractivity contribution in [3.63, 3.8) is 0 Å². The Morgan fingerprint density at radius 3 is 2.81 bits per heavy atom. The van der Waals surface area contributed by atoms with Gasteiger partial charge in [-0.2, -0.15) is 0 Å². The first-order valence-electron chi connectivity index (χ1n) is 7.07. The Hall–Kier alpha value is -2.43. The van der Waals surface area contributed by atoms with Gasteiger partial charge in [-0.15, -0.1) is 0 Å². The molecule has 2 N–H and O–H groups in total. The van der Waals surface area contributed by atoms with Crippen molar-refractivity contribution in [1.82, 2.24) is 9.55 Å². The fourth-order valence-electron chi connectivity index (χ4n) is 2.59. The fraction of sp³-hybridized carbons (Fsp3) is 0.312. The molecule has 0 aliphatic heterocycles. The summed E-state index contributed by atoms with van der Waals surface area (Å²) in [5.74, 6) is 2.96. The summed E-state index contributed by atoms with van der Waals surface area (Å²) in [5, 5.41) is 0. The molecule has 2 aromatic heterocycles. The minimum atomic E-state index is -0.0272. The van der Waals surface area contributed by atoms with Gasteiger partial charge >= 0.3 is 0 Å². The van der Waals surface area contributed by atoms with Gasteiger partial charge in [0.1, 0.15) is 22.8 Å². The van der Waals surface area contributed by atoms with Crippen molar-refractivity contribution in [3.8, 4) is 5.75 Å². The second-order valence-electron chi connectivity index (χ2n) is 5.02. The first-order chi connectivity index (χ1) is 10.1. The SMILES string of the molecule is CCOc1cccc2c1nc(N)n2C(C)c1ccc(C)o1. The van der Waals surface area contributed by atoms with Gasteiger partial charge in [0.2, 0.25) is 5.95 Å². The Morgan fingerprint density at radius 1 is 1.33 bits per heavy atom. The van der Waals surface area contributed by atoms with Crippen LogP contribution in [0.2, 0.25) is 0 Å². The molecule has 2 heterocycles. The molecule has 0 saturated heterocycles. The molecular weight excluding hydrogens is 266 g/mol. The van der Waals surface area contributed by atoms with Crippen LogP contribution in [0.4, 0.5) is 5.95 Å². The van der Waals surface area contributed by atoms with Crippen molar-refractivity contribution >= 4 is 17.0 Å². The van der Waals surface area contributed by atoms with Crippen LogP contribution >= 0.6 is 0 Å². The highest BCUT2D eigenvalue weighted by atomic mass is 16.5. The maximum Gasteiger partial charge on any atom is 0.202 e. The number of nitrogens with zero attached hydrogens (tertiary/aromatic N) is 2. The zero-order valence-corrected chi connectivity index (χ0v) is 12.5. The van der Waals surface area contributed by atoms with E-state index in [0.717, 1.165) is 28.3 Å². The maximum absolute atomic E-state index is 6.12. The zero-order chi connectivity index (χ0) is 15.0. The predicted molar refractivity (Wildman–Crippen MR) is 82.6 cm³/mol. The molecule has 5 nitrogen and oxygen atoms in total. The fourth-order valence-corrected chi connectivity index (χ4v) is 2.59. The van der Waals surface area contributed by atoms with Crippen LogP contribution in [0, 0.1) is 6.92 Å². The van der Waals surface area contributed by atoms with E-state index in [2.05, 4.69) is 4.98 Å². The normalized spacial score (nSPS) is 12.7. The van der Waals surface area contributed by atoms with E-state index in [1.807, 2.05) is 55.7 Å². The van der Waals surface area contributed by atoms with Gasteiger partial charge in [0.05, 0.1) is 18.2 Å². The Kier molecular flexibility index (Phi) is 3.33. The number of rotatable bonds is 4. The van der Waals surface area contributed by atoms with Gasteiger partial charge in [0, 0.05) is 0 Å². The van der Waals surface area contributed by atoms with Crippen LogP contribution < -0.4 is 10.5 Å². The van der Waals surface area contributed by atoms with Gasteiger partial charge in [0.25, 0.3) is 0 Å². The third-order valence-corrected chi connectivity index (χ3v) is 3.57. The Bertz CT molecular complexity index is 773. The molecule has 0 spiro atoms. The standard InChI is InChI=1S/C16H19N3O2/c1-4-20-14-7-5-6-12-15(14)18-16(17)19(12)11(3)13-9-8-10(2)21-13/h5-9,11H,4H2,1-3H3,(H2,17,18). The number of imidazole rings is 1. The van der Waals surface area contributed by atoms with Gasteiger partial charge in [-0.05, 0) is 45.0 Å². The van der Waals surface area contributed by atoms with Crippen molar-refractivity contribution < 1.29 is 9.15 Å². The van der Waals surface area contributed by atoms with Crippen molar-refractivity contribution in [3.05, 3.63) is 41.9 Å². The summed E-state index contributed by atoms with van der Waals surface area (Å²) in [7, 11) is 0. The molecule has 3 rings (SSSR count). The molecule has 0 aliphatic rings. The molecule has 0 bridgehead atoms. The number of fused-ring (bicyclic) bond motifs is 1. The quantitative estimate of drug-likeness (QED) is 0.796. The summed E-state index contributed by atoms with van der Waals surface area (Å²) in [6.45, 7) is 6.52. The monoisotopic (exact) mass is 285 g/mol. The molecule has 3 aromatic rings. The first kappa shape index (κ1) is 13.5. The number of aromatic nitrogens is 2. The molecule has 0 saturated carbocycles. The van der Waals surface area contributed by atoms with E-state index >= 15 is 0 Å². The van der Waals surface area contributed by atoms with E-state index in [1.165, 1.54) is 0 Å². The summed E-state index contributed by atoms with van der Waals surface area (Å²) in [6, 6.07) is 9.74. The number of hydrogen-bond donors (Lipinski definition) is 1. The molecular formula is C16H19N3O2. The largest absolute Gasteiger partial charge is 0.492 e. The topological polar surface area (TPSA) is 66.2 Å². The van der Waals surface area contributed by atoms with Crippen LogP contribution in [-0.4, -0.2) is 16.2 Å². The van der Waals surface area contributed by atoms with Gasteiger partial charge < -0.3 is 14.9 Å². The molecule has 0 aliphatic carbocycles. The third-order valence-electron chi connectivity index (χ3n) is 3.57. The highest BCUT2D eigenvalue weighted by molar-refractivity contribution is 5.84. The van der Waals surface area contributed by atoms with E-state index in [4.69, 9.17) is 14.9 Å². The predicted octanol–water partition coefficient (Wildman–Crippen LogP) is 3.53. The Morgan fingerprint density at radius 2 is 2.14 bits per heavy atom. The summed E-state index contributed by atoms with van der Waals surface area (Å²) in [5.41, 5.74) is 7.85.